The second-order valence-corrected chi connectivity index (χ2v) is 7.40. The Labute approximate surface area is 168 Å². The van der Waals surface area contributed by atoms with Crippen LogP contribution in [0.3, 0.4) is 0 Å². The number of nitrogens with zero attached hydrogens (tertiary/aromatic N) is 1. The van der Waals surface area contributed by atoms with Crippen LogP contribution in [-0.4, -0.2) is 31.3 Å². The molecule has 0 unspecified atom stereocenters. The van der Waals surface area contributed by atoms with Gasteiger partial charge in [-0.3, -0.25) is 4.79 Å². The summed E-state index contributed by atoms with van der Waals surface area (Å²) in [4.78, 5) is 12.4. The Morgan fingerprint density at radius 2 is 1.59 bits per heavy atom. The summed E-state index contributed by atoms with van der Waals surface area (Å²) in [6, 6.07) is 19.8. The zero-order chi connectivity index (χ0) is 19.2. The normalized spacial score (nSPS) is 14.6. The standard InChI is InChI=1S/C22H29NO3.ClH/c1-5-21(24)26-22(18(2)17-23(3,4)25,20-14-10-7-11-15-20)16-19-12-8-6-9-13-19;/h6-15,18H,5,16-17H2,1-4H3;1H/t18-,22+;/m1./s1. The number of benzene rings is 2. The molecule has 2 aromatic carbocycles. The smallest absolute Gasteiger partial charge is 0.306 e. The lowest BCUT2D eigenvalue weighted by Crippen LogP contribution is -2.48. The van der Waals surface area contributed by atoms with Crippen molar-refractivity contribution in [3.05, 3.63) is 77.0 Å². The minimum Gasteiger partial charge on any atom is -0.633 e. The first-order valence-corrected chi connectivity index (χ1v) is 9.12. The molecule has 5 heteroatoms. The van der Waals surface area contributed by atoms with Gasteiger partial charge in [0.05, 0.1) is 26.6 Å². The highest BCUT2D eigenvalue weighted by molar-refractivity contribution is 5.85. The lowest BCUT2D eigenvalue weighted by Gasteiger charge is -2.44. The average molecular weight is 392 g/mol. The van der Waals surface area contributed by atoms with E-state index in [1.807, 2.05) is 67.6 Å². The maximum Gasteiger partial charge on any atom is 0.306 e. The van der Waals surface area contributed by atoms with E-state index >= 15 is 0 Å². The van der Waals surface area contributed by atoms with Gasteiger partial charge in [0.1, 0.15) is 5.60 Å². The molecule has 0 saturated carbocycles. The molecule has 0 spiro atoms. The fourth-order valence-electron chi connectivity index (χ4n) is 3.46. The van der Waals surface area contributed by atoms with E-state index in [-0.39, 0.29) is 24.3 Å². The van der Waals surface area contributed by atoms with Crippen LogP contribution in [-0.2, 0) is 21.6 Å². The number of hydrogen-bond acceptors (Lipinski definition) is 3. The first-order chi connectivity index (χ1) is 12.3. The van der Waals surface area contributed by atoms with Gasteiger partial charge in [0.15, 0.2) is 0 Å². The quantitative estimate of drug-likeness (QED) is 0.372. The van der Waals surface area contributed by atoms with Crippen molar-refractivity contribution >= 4 is 18.4 Å². The Morgan fingerprint density at radius 1 is 1.07 bits per heavy atom. The van der Waals surface area contributed by atoms with Crippen molar-refractivity contribution in [2.75, 3.05) is 20.6 Å². The number of carbonyl (C=O) groups excluding carboxylic acids is 1. The van der Waals surface area contributed by atoms with Gasteiger partial charge < -0.3 is 14.6 Å². The Bertz CT molecular complexity index is 701. The van der Waals surface area contributed by atoms with Crippen LogP contribution >= 0.6 is 12.4 Å². The lowest BCUT2D eigenvalue weighted by atomic mass is 9.77. The second kappa shape index (κ2) is 9.88. The number of quaternary nitrogens is 1. The molecule has 0 bridgehead atoms. The lowest BCUT2D eigenvalue weighted by molar-refractivity contribution is -0.844. The number of carbonyl (C=O) groups is 1. The van der Waals surface area contributed by atoms with Crippen molar-refractivity contribution < 1.29 is 14.2 Å². The van der Waals surface area contributed by atoms with Crippen LogP contribution in [0.25, 0.3) is 0 Å². The minimum atomic E-state index is -0.879. The van der Waals surface area contributed by atoms with Crippen molar-refractivity contribution in [2.24, 2.45) is 5.92 Å². The van der Waals surface area contributed by atoms with E-state index in [1.165, 1.54) is 0 Å². The first-order valence-electron chi connectivity index (χ1n) is 9.12. The van der Waals surface area contributed by atoms with Crippen LogP contribution in [0.15, 0.2) is 60.7 Å². The van der Waals surface area contributed by atoms with E-state index in [2.05, 4.69) is 0 Å². The van der Waals surface area contributed by atoms with Gasteiger partial charge in [0.2, 0.25) is 0 Å². The zero-order valence-electron chi connectivity index (χ0n) is 16.6. The molecule has 4 nitrogen and oxygen atoms in total. The van der Waals surface area contributed by atoms with Gasteiger partial charge in [0, 0.05) is 12.8 Å². The maximum absolute atomic E-state index is 12.4. The number of hydroxylamine groups is 3. The number of ether oxygens (including phenoxy) is 1. The molecular formula is C22H30ClNO3. The Balaban J connectivity index is 0.00000364. The first kappa shape index (κ1) is 23.2. The third-order valence-electron chi connectivity index (χ3n) is 4.67. The summed E-state index contributed by atoms with van der Waals surface area (Å²) in [6.07, 6.45) is 0.830. The minimum absolute atomic E-state index is 0. The van der Waals surface area contributed by atoms with Crippen LogP contribution in [0, 0.1) is 11.1 Å². The Kier molecular flexibility index (Phi) is 8.48. The number of halogens is 1. The molecule has 0 radical (unpaired) electrons. The zero-order valence-corrected chi connectivity index (χ0v) is 17.4. The number of hydrogen-bond donors (Lipinski definition) is 0. The van der Waals surface area contributed by atoms with Gasteiger partial charge in [-0.25, -0.2) is 0 Å². The summed E-state index contributed by atoms with van der Waals surface area (Å²) in [5.41, 5.74) is 1.12. The Hall–Kier alpha value is -1.88. The van der Waals surface area contributed by atoms with E-state index in [1.54, 1.807) is 21.0 Å². The van der Waals surface area contributed by atoms with Gasteiger partial charge in [-0.1, -0.05) is 74.5 Å². The topological polar surface area (TPSA) is 49.4 Å². The SMILES string of the molecule is CCC(=O)O[C@](Cc1ccccc1)(c1ccccc1)[C@H](C)C[N+](C)(C)[O-].Cl. The van der Waals surface area contributed by atoms with E-state index in [9.17, 15) is 10.0 Å². The molecule has 0 aromatic heterocycles. The van der Waals surface area contributed by atoms with Gasteiger partial charge in [-0.05, 0) is 11.1 Å². The van der Waals surface area contributed by atoms with Gasteiger partial charge in [-0.15, -0.1) is 12.4 Å². The highest BCUT2D eigenvalue weighted by atomic mass is 35.5. The molecule has 27 heavy (non-hydrogen) atoms. The van der Waals surface area contributed by atoms with E-state index < -0.39 is 10.2 Å². The molecule has 2 aromatic rings. The predicted octanol–water partition coefficient (Wildman–Crippen LogP) is 4.71. The maximum atomic E-state index is 12.4. The van der Waals surface area contributed by atoms with Crippen molar-refractivity contribution in [1.29, 1.82) is 0 Å². The molecule has 0 aliphatic heterocycles. The highest BCUT2D eigenvalue weighted by Gasteiger charge is 2.43. The van der Waals surface area contributed by atoms with Gasteiger partial charge >= 0.3 is 5.97 Å². The summed E-state index contributed by atoms with van der Waals surface area (Å²) in [5.74, 6) is -0.416. The Morgan fingerprint density at radius 3 is 2.07 bits per heavy atom. The van der Waals surface area contributed by atoms with E-state index in [0.717, 1.165) is 11.1 Å². The molecule has 0 aliphatic carbocycles. The molecular weight excluding hydrogens is 362 g/mol. The molecule has 0 heterocycles. The van der Waals surface area contributed by atoms with Crippen molar-refractivity contribution in [3.63, 3.8) is 0 Å². The molecule has 0 N–H and O–H groups in total. The average Bonchev–Trinajstić information content (AvgIpc) is 2.61. The molecule has 2 atom stereocenters. The fraction of sp³-hybridized carbons (Fsp3) is 0.409. The summed E-state index contributed by atoms with van der Waals surface area (Å²) >= 11 is 0. The summed E-state index contributed by atoms with van der Waals surface area (Å²) in [7, 11) is 3.24. The van der Waals surface area contributed by atoms with Gasteiger partial charge in [-0.2, -0.15) is 0 Å². The summed E-state index contributed by atoms with van der Waals surface area (Å²) in [5, 5.41) is 12.4. The predicted molar refractivity (Wildman–Crippen MR) is 111 cm³/mol. The third-order valence-corrected chi connectivity index (χ3v) is 4.67. The second-order valence-electron chi connectivity index (χ2n) is 7.40. The molecule has 0 saturated heterocycles. The molecule has 148 valence electrons. The third kappa shape index (κ3) is 6.35. The molecule has 2 rings (SSSR count). The van der Waals surface area contributed by atoms with Crippen LogP contribution in [0.2, 0.25) is 0 Å². The van der Waals surface area contributed by atoms with Gasteiger partial charge in [0.25, 0.3) is 0 Å². The summed E-state index contributed by atoms with van der Waals surface area (Å²) in [6.45, 7) is 4.13. The fourth-order valence-corrected chi connectivity index (χ4v) is 3.46. The van der Waals surface area contributed by atoms with E-state index in [0.29, 0.717) is 19.4 Å². The van der Waals surface area contributed by atoms with Crippen LogP contribution in [0.5, 0.6) is 0 Å². The summed E-state index contributed by atoms with van der Waals surface area (Å²) < 4.78 is 5.66. The van der Waals surface area contributed by atoms with E-state index in [4.69, 9.17) is 4.74 Å². The van der Waals surface area contributed by atoms with Crippen LogP contribution in [0.4, 0.5) is 0 Å². The van der Waals surface area contributed by atoms with Crippen molar-refractivity contribution in [2.45, 2.75) is 32.3 Å². The van der Waals surface area contributed by atoms with Crippen molar-refractivity contribution in [1.82, 2.24) is 0 Å². The molecule has 0 aliphatic rings. The monoisotopic (exact) mass is 391 g/mol. The number of rotatable bonds is 8. The van der Waals surface area contributed by atoms with Crippen LogP contribution in [0.1, 0.15) is 31.4 Å². The molecule has 0 amide bonds. The van der Waals surface area contributed by atoms with Crippen LogP contribution < -0.4 is 0 Å². The largest absolute Gasteiger partial charge is 0.633 e. The van der Waals surface area contributed by atoms with Crippen molar-refractivity contribution in [3.8, 4) is 0 Å². The molecule has 0 fully saturated rings. The highest BCUT2D eigenvalue weighted by Crippen LogP contribution is 2.39. The number of esters is 1.